The molecule has 0 bridgehead atoms. The number of anilines is 3. The minimum absolute atomic E-state index is 0.0823. The molecule has 3 heterocycles. The molecule has 1 fully saturated rings. The number of likely N-dealkylation sites (N-methyl/N-ethyl adjacent to an activating group) is 1. The molecule has 11 nitrogen and oxygen atoms in total. The van der Waals surface area contributed by atoms with Gasteiger partial charge in [0.05, 0.1) is 28.3 Å². The summed E-state index contributed by atoms with van der Waals surface area (Å²) >= 11 is 0. The van der Waals surface area contributed by atoms with Crippen molar-refractivity contribution in [1.82, 2.24) is 19.4 Å². The first-order valence-corrected chi connectivity index (χ1v) is 15.5. The maximum absolute atomic E-state index is 13.9. The van der Waals surface area contributed by atoms with Crippen molar-refractivity contribution in [3.05, 3.63) is 64.9 Å². The van der Waals surface area contributed by atoms with Gasteiger partial charge in [0, 0.05) is 68.9 Å². The quantitative estimate of drug-likeness (QED) is 0.333. The zero-order valence-electron chi connectivity index (χ0n) is 24.9. The van der Waals surface area contributed by atoms with Gasteiger partial charge in [-0.05, 0) is 58.2 Å². The molecule has 2 aliphatic rings. The molecular formula is C29H37F2N7O4S. The molecule has 3 N–H and O–H groups in total. The molecule has 1 aromatic heterocycles. The lowest BCUT2D eigenvalue weighted by Gasteiger charge is -2.34. The van der Waals surface area contributed by atoms with Crippen molar-refractivity contribution in [2.24, 2.45) is 0 Å². The lowest BCUT2D eigenvalue weighted by Crippen LogP contribution is -2.44. The minimum atomic E-state index is -4.31. The molecule has 14 heteroatoms. The van der Waals surface area contributed by atoms with Crippen LogP contribution in [0.2, 0.25) is 0 Å². The van der Waals surface area contributed by atoms with Crippen molar-refractivity contribution >= 4 is 33.1 Å². The number of nitrogens with one attached hydrogen (secondary N) is 3. The Morgan fingerprint density at radius 2 is 1.79 bits per heavy atom. The third kappa shape index (κ3) is 6.09. The number of benzene rings is 2. The normalized spacial score (nSPS) is 18.0. The van der Waals surface area contributed by atoms with Gasteiger partial charge in [0.2, 0.25) is 10.0 Å². The predicted molar refractivity (Wildman–Crippen MR) is 160 cm³/mol. The van der Waals surface area contributed by atoms with Crippen molar-refractivity contribution in [1.29, 1.82) is 0 Å². The third-order valence-corrected chi connectivity index (χ3v) is 9.99. The van der Waals surface area contributed by atoms with Gasteiger partial charge in [-0.3, -0.25) is 9.89 Å². The molecule has 2 aromatic carbocycles. The lowest BCUT2D eigenvalue weighted by atomic mass is 10.0. The second kappa shape index (κ2) is 11.8. The van der Waals surface area contributed by atoms with E-state index in [9.17, 15) is 22.0 Å². The molecular weight excluding hydrogens is 580 g/mol. The summed E-state index contributed by atoms with van der Waals surface area (Å²) in [4.78, 5) is 17.7. The monoisotopic (exact) mass is 617 g/mol. The molecule has 1 unspecified atom stereocenters. The van der Waals surface area contributed by atoms with Crippen molar-refractivity contribution < 1.29 is 26.7 Å². The van der Waals surface area contributed by atoms with E-state index < -0.39 is 38.0 Å². The average Bonchev–Trinajstić information content (AvgIpc) is 3.46. The molecule has 1 amide bonds. The summed E-state index contributed by atoms with van der Waals surface area (Å²) < 4.78 is 61.2. The number of aromatic nitrogens is 2. The fourth-order valence-corrected chi connectivity index (χ4v) is 7.40. The number of carbonyl (C=O) groups excluding carboxylic acids is 1. The first-order valence-electron chi connectivity index (χ1n) is 14.0. The number of hydrogen-bond acceptors (Lipinski definition) is 8. The molecule has 0 aliphatic carbocycles. The van der Waals surface area contributed by atoms with Crippen molar-refractivity contribution in [2.75, 3.05) is 62.5 Å². The molecule has 3 aromatic rings. The van der Waals surface area contributed by atoms with Gasteiger partial charge in [0.1, 0.15) is 11.6 Å². The van der Waals surface area contributed by atoms with Crippen LogP contribution in [0.15, 0.2) is 41.3 Å². The summed E-state index contributed by atoms with van der Waals surface area (Å²) in [5.74, 6) is -2.24. The van der Waals surface area contributed by atoms with Crippen LogP contribution in [-0.4, -0.2) is 86.7 Å². The number of sulfonamides is 1. The van der Waals surface area contributed by atoms with E-state index >= 15 is 0 Å². The number of H-pyrrole nitrogens is 1. The largest absolute Gasteiger partial charge is 0.383 e. The third-order valence-electron chi connectivity index (χ3n) is 7.99. The van der Waals surface area contributed by atoms with Gasteiger partial charge in [-0.2, -0.15) is 9.40 Å². The topological polar surface area (TPSA) is 123 Å². The number of aromatic amines is 1. The standard InChI is InChI=1S/C29H37F2N7O4S/c1-18(17-42-5)32-25-15-21(37-10-8-36(4)9-11-37)6-7-23(25)28(39)33-27-24-16-38(29(2,3)26(24)34-35-27)43(40,41)22-13-19(30)12-20(31)14-22/h6-7,12-15,18,32H,8-11,16-17H2,1-5H3,(H2,33,34,35,39). The van der Waals surface area contributed by atoms with Crippen molar-refractivity contribution in [3.8, 4) is 0 Å². The van der Waals surface area contributed by atoms with E-state index in [1.165, 1.54) is 0 Å². The Hall–Kier alpha value is -3.59. The molecule has 0 saturated carbocycles. The van der Waals surface area contributed by atoms with Gasteiger partial charge in [0.15, 0.2) is 5.82 Å². The van der Waals surface area contributed by atoms with Crippen LogP contribution in [0.4, 0.5) is 26.0 Å². The number of fused-ring (bicyclic) bond motifs is 1. The first kappa shape index (κ1) is 30.9. The van der Waals surface area contributed by atoms with Crippen LogP contribution in [0.3, 0.4) is 0 Å². The molecule has 0 spiro atoms. The smallest absolute Gasteiger partial charge is 0.258 e. The minimum Gasteiger partial charge on any atom is -0.383 e. The number of carbonyl (C=O) groups is 1. The van der Waals surface area contributed by atoms with Gasteiger partial charge in [0.25, 0.3) is 5.91 Å². The number of rotatable bonds is 9. The summed E-state index contributed by atoms with van der Waals surface area (Å²) in [6.45, 7) is 9.15. The highest BCUT2D eigenvalue weighted by molar-refractivity contribution is 7.89. The Bertz CT molecular complexity index is 1600. The highest BCUT2D eigenvalue weighted by atomic mass is 32.2. The first-order chi connectivity index (χ1) is 20.3. The summed E-state index contributed by atoms with van der Waals surface area (Å²) in [5.41, 5.74) is 1.81. The molecule has 1 saturated heterocycles. The number of hydrogen-bond donors (Lipinski definition) is 3. The maximum atomic E-state index is 13.9. The predicted octanol–water partition coefficient (Wildman–Crippen LogP) is 3.58. The van der Waals surface area contributed by atoms with E-state index in [0.29, 0.717) is 35.2 Å². The number of ether oxygens (including phenoxy) is 1. The van der Waals surface area contributed by atoms with E-state index in [4.69, 9.17) is 4.74 Å². The second-order valence-corrected chi connectivity index (χ2v) is 13.4. The molecule has 5 rings (SSSR count). The fourth-order valence-electron chi connectivity index (χ4n) is 5.63. The van der Waals surface area contributed by atoms with Crippen molar-refractivity contribution in [3.63, 3.8) is 0 Å². The Morgan fingerprint density at radius 1 is 1.12 bits per heavy atom. The highest BCUT2D eigenvalue weighted by Crippen LogP contribution is 2.44. The summed E-state index contributed by atoms with van der Waals surface area (Å²) in [7, 11) is -0.606. The number of nitrogens with zero attached hydrogens (tertiary/aromatic N) is 4. The van der Waals surface area contributed by atoms with Gasteiger partial charge in [-0.15, -0.1) is 0 Å². The maximum Gasteiger partial charge on any atom is 0.258 e. The number of piperazine rings is 1. The summed E-state index contributed by atoms with van der Waals surface area (Å²) in [6, 6.07) is 7.73. The Kier molecular flexibility index (Phi) is 8.49. The van der Waals surface area contributed by atoms with Crippen molar-refractivity contribution in [2.45, 2.75) is 43.8 Å². The van der Waals surface area contributed by atoms with Gasteiger partial charge < -0.3 is 25.2 Å². The molecule has 2 aliphatic heterocycles. The SMILES string of the molecule is COCC(C)Nc1cc(N2CCN(C)CC2)ccc1C(=O)Nc1n[nH]c2c1CN(S(=O)(=O)c1cc(F)cc(F)c1)C2(C)C. The second-order valence-electron chi connectivity index (χ2n) is 11.6. The number of methoxy groups -OCH3 is 1. The van der Waals surface area contributed by atoms with E-state index in [2.05, 4.69) is 37.7 Å². The molecule has 43 heavy (non-hydrogen) atoms. The summed E-state index contributed by atoms with van der Waals surface area (Å²) in [6.07, 6.45) is 0. The zero-order chi connectivity index (χ0) is 31.1. The average molecular weight is 618 g/mol. The van der Waals surface area contributed by atoms with Crippen LogP contribution >= 0.6 is 0 Å². The Labute approximate surface area is 250 Å². The number of amides is 1. The lowest BCUT2D eigenvalue weighted by molar-refractivity contribution is 0.102. The fraction of sp³-hybridized carbons (Fsp3) is 0.448. The summed E-state index contributed by atoms with van der Waals surface area (Å²) in [5, 5.41) is 13.4. The highest BCUT2D eigenvalue weighted by Gasteiger charge is 2.48. The molecule has 0 radical (unpaired) electrons. The Morgan fingerprint density at radius 3 is 2.44 bits per heavy atom. The van der Waals surface area contributed by atoms with E-state index in [0.717, 1.165) is 48.3 Å². The molecule has 1 atom stereocenters. The van der Waals surface area contributed by atoms with Crippen LogP contribution in [-0.2, 0) is 26.8 Å². The number of halogens is 2. The Balaban J connectivity index is 1.42. The van der Waals surface area contributed by atoms with Crippen LogP contribution in [0.1, 0.15) is 42.4 Å². The van der Waals surface area contributed by atoms with Crippen LogP contribution in [0, 0.1) is 11.6 Å². The molecule has 232 valence electrons. The van der Waals surface area contributed by atoms with Crippen LogP contribution < -0.4 is 15.5 Å². The van der Waals surface area contributed by atoms with Gasteiger partial charge in [-0.1, -0.05) is 0 Å². The zero-order valence-corrected chi connectivity index (χ0v) is 25.7. The van der Waals surface area contributed by atoms with E-state index in [-0.39, 0.29) is 18.4 Å². The van der Waals surface area contributed by atoms with Gasteiger partial charge in [-0.25, -0.2) is 17.2 Å². The van der Waals surface area contributed by atoms with Crippen LogP contribution in [0.25, 0.3) is 0 Å². The van der Waals surface area contributed by atoms with E-state index in [1.54, 1.807) is 27.0 Å². The van der Waals surface area contributed by atoms with Gasteiger partial charge >= 0.3 is 0 Å². The van der Waals surface area contributed by atoms with E-state index in [1.807, 2.05) is 19.1 Å². The van der Waals surface area contributed by atoms with Crippen LogP contribution in [0.5, 0.6) is 0 Å².